The van der Waals surface area contributed by atoms with Crippen molar-refractivity contribution in [1.82, 2.24) is 4.98 Å². The molecule has 1 rings (SSSR count). The highest BCUT2D eigenvalue weighted by Crippen LogP contribution is 2.26. The third-order valence-electron chi connectivity index (χ3n) is 2.06. The van der Waals surface area contributed by atoms with Crippen LogP contribution in [0.2, 0.25) is 0 Å². The molecule has 0 amide bonds. The molecule has 8 heteroatoms. The second-order valence-electron chi connectivity index (χ2n) is 3.24. The van der Waals surface area contributed by atoms with Crippen LogP contribution in [0.1, 0.15) is 19.0 Å². The van der Waals surface area contributed by atoms with E-state index in [-0.39, 0.29) is 16.4 Å². The fraction of sp³-hybridized carbons (Fsp3) is 0.300. The number of thioether (sulfide) groups is 1. The van der Waals surface area contributed by atoms with Crippen LogP contribution in [-0.2, 0) is 4.79 Å². The number of carboxylic acid groups (broad SMARTS) is 1. The Balaban J connectivity index is 3.03. The van der Waals surface area contributed by atoms with Gasteiger partial charge in [0, 0.05) is 6.07 Å². The maximum atomic E-state index is 10.8. The van der Waals surface area contributed by atoms with Gasteiger partial charge in [0.05, 0.1) is 9.95 Å². The minimum Gasteiger partial charge on any atom is -0.480 e. The number of hydrogen-bond acceptors (Lipinski definition) is 6. The van der Waals surface area contributed by atoms with E-state index in [2.05, 4.69) is 4.98 Å². The van der Waals surface area contributed by atoms with Crippen LogP contribution >= 0.6 is 11.8 Å². The van der Waals surface area contributed by atoms with Gasteiger partial charge in [0.15, 0.2) is 0 Å². The molecule has 0 bridgehead atoms. The predicted molar refractivity (Wildman–Crippen MR) is 63.2 cm³/mol. The summed E-state index contributed by atoms with van der Waals surface area (Å²) in [4.78, 5) is 24.5. The first-order chi connectivity index (χ1) is 8.49. The zero-order valence-corrected chi connectivity index (χ0v) is 10.2. The Kier molecular flexibility index (Phi) is 4.62. The van der Waals surface area contributed by atoms with E-state index in [9.17, 15) is 14.9 Å². The monoisotopic (exact) mass is 267 g/mol. The maximum Gasteiger partial charge on any atom is 0.317 e. The van der Waals surface area contributed by atoms with Crippen LogP contribution in [0.4, 0.5) is 5.69 Å². The van der Waals surface area contributed by atoms with Crippen LogP contribution in [0.15, 0.2) is 17.2 Å². The molecular weight excluding hydrogens is 258 g/mol. The number of carboxylic acids is 1. The van der Waals surface area contributed by atoms with Crippen molar-refractivity contribution >= 4 is 23.4 Å². The van der Waals surface area contributed by atoms with E-state index in [0.29, 0.717) is 6.42 Å². The lowest BCUT2D eigenvalue weighted by Gasteiger charge is -2.08. The number of nitrogens with zero attached hydrogens (tertiary/aromatic N) is 3. The van der Waals surface area contributed by atoms with Gasteiger partial charge in [0.25, 0.3) is 0 Å². The first-order valence-corrected chi connectivity index (χ1v) is 5.82. The van der Waals surface area contributed by atoms with E-state index in [4.69, 9.17) is 10.4 Å². The molecule has 0 aliphatic carbocycles. The predicted octanol–water partition coefficient (Wildman–Crippen LogP) is 1.82. The van der Waals surface area contributed by atoms with Crippen molar-refractivity contribution in [2.75, 3.05) is 0 Å². The van der Waals surface area contributed by atoms with Crippen molar-refractivity contribution in [3.8, 4) is 6.07 Å². The van der Waals surface area contributed by atoms with Crippen molar-refractivity contribution in [2.45, 2.75) is 23.6 Å². The Morgan fingerprint density at radius 3 is 2.83 bits per heavy atom. The molecule has 0 saturated heterocycles. The smallest absolute Gasteiger partial charge is 0.317 e. The Labute approximate surface area is 107 Å². The van der Waals surface area contributed by atoms with Gasteiger partial charge in [-0.25, -0.2) is 4.98 Å². The first-order valence-electron chi connectivity index (χ1n) is 4.94. The number of aliphatic carboxylic acids is 1. The Morgan fingerprint density at radius 1 is 1.72 bits per heavy atom. The highest BCUT2D eigenvalue weighted by atomic mass is 32.2. The zero-order valence-electron chi connectivity index (χ0n) is 9.36. The third-order valence-corrected chi connectivity index (χ3v) is 3.35. The summed E-state index contributed by atoms with van der Waals surface area (Å²) in [7, 11) is 0. The van der Waals surface area contributed by atoms with Gasteiger partial charge in [-0.2, -0.15) is 5.26 Å². The molecule has 0 aliphatic rings. The van der Waals surface area contributed by atoms with Gasteiger partial charge < -0.3 is 5.11 Å². The van der Waals surface area contributed by atoms with Crippen LogP contribution in [0.5, 0.6) is 0 Å². The molecule has 0 aromatic carbocycles. The minimum atomic E-state index is -0.985. The summed E-state index contributed by atoms with van der Waals surface area (Å²) in [5.74, 6) is -0.985. The Bertz CT molecular complexity index is 526. The summed E-state index contributed by atoms with van der Waals surface area (Å²) in [6, 6.07) is 4.12. The number of nitro groups is 1. The van der Waals surface area contributed by atoms with Gasteiger partial charge in [0.1, 0.15) is 11.3 Å². The normalized spacial score (nSPS) is 11.6. The van der Waals surface area contributed by atoms with Gasteiger partial charge in [-0.05, 0) is 12.5 Å². The molecule has 7 nitrogen and oxygen atoms in total. The van der Waals surface area contributed by atoms with Crippen LogP contribution in [0.3, 0.4) is 0 Å². The first kappa shape index (κ1) is 13.9. The molecule has 1 atom stereocenters. The number of nitriles is 1. The molecule has 0 radical (unpaired) electrons. The summed E-state index contributed by atoms with van der Waals surface area (Å²) >= 11 is 0.962. The van der Waals surface area contributed by atoms with Gasteiger partial charge in [-0.15, -0.1) is 0 Å². The van der Waals surface area contributed by atoms with Gasteiger partial charge >= 0.3 is 11.7 Å². The Morgan fingerprint density at radius 2 is 2.39 bits per heavy atom. The largest absolute Gasteiger partial charge is 0.480 e. The summed E-state index contributed by atoms with van der Waals surface area (Å²) in [6.45, 7) is 1.71. The zero-order chi connectivity index (χ0) is 13.7. The van der Waals surface area contributed by atoms with Crippen molar-refractivity contribution in [3.63, 3.8) is 0 Å². The van der Waals surface area contributed by atoms with E-state index in [1.54, 1.807) is 13.0 Å². The summed E-state index contributed by atoms with van der Waals surface area (Å²) in [5.41, 5.74) is -0.699. The topological polar surface area (TPSA) is 117 Å². The summed E-state index contributed by atoms with van der Waals surface area (Å²) in [6.07, 6.45) is 0.389. The number of carbonyl (C=O) groups is 1. The number of rotatable bonds is 5. The molecule has 1 heterocycles. The van der Waals surface area contributed by atoms with Crippen LogP contribution in [-0.4, -0.2) is 26.2 Å². The average molecular weight is 267 g/mol. The molecule has 94 valence electrons. The van der Waals surface area contributed by atoms with E-state index < -0.39 is 16.1 Å². The average Bonchev–Trinajstić information content (AvgIpc) is 2.34. The van der Waals surface area contributed by atoms with Crippen LogP contribution < -0.4 is 0 Å². The van der Waals surface area contributed by atoms with Crippen molar-refractivity contribution < 1.29 is 14.8 Å². The quantitative estimate of drug-likeness (QED) is 0.491. The highest BCUT2D eigenvalue weighted by molar-refractivity contribution is 8.00. The lowest BCUT2D eigenvalue weighted by Crippen LogP contribution is -2.15. The van der Waals surface area contributed by atoms with E-state index >= 15 is 0 Å². The van der Waals surface area contributed by atoms with Crippen molar-refractivity contribution in [1.29, 1.82) is 5.26 Å². The van der Waals surface area contributed by atoms with E-state index in [1.807, 2.05) is 0 Å². The molecule has 1 aromatic heterocycles. The molecule has 18 heavy (non-hydrogen) atoms. The maximum absolute atomic E-state index is 10.8. The fourth-order valence-corrected chi connectivity index (χ4v) is 2.03. The second kappa shape index (κ2) is 5.97. The summed E-state index contributed by atoms with van der Waals surface area (Å²) in [5, 5.41) is 27.8. The van der Waals surface area contributed by atoms with E-state index in [1.165, 1.54) is 6.07 Å². The molecule has 1 N–H and O–H groups in total. The van der Waals surface area contributed by atoms with Gasteiger partial charge in [0.2, 0.25) is 5.69 Å². The minimum absolute atomic E-state index is 0.284. The fourth-order valence-electron chi connectivity index (χ4n) is 1.18. The third kappa shape index (κ3) is 3.18. The van der Waals surface area contributed by atoms with Gasteiger partial charge in [-0.1, -0.05) is 18.7 Å². The lowest BCUT2D eigenvalue weighted by molar-refractivity contribution is -0.385. The highest BCUT2D eigenvalue weighted by Gasteiger charge is 2.20. The van der Waals surface area contributed by atoms with E-state index in [0.717, 1.165) is 17.8 Å². The molecule has 1 unspecified atom stereocenters. The lowest BCUT2D eigenvalue weighted by atomic mass is 10.3. The molecule has 0 spiro atoms. The van der Waals surface area contributed by atoms with Gasteiger partial charge in [-0.3, -0.25) is 14.9 Å². The van der Waals surface area contributed by atoms with Crippen molar-refractivity contribution in [3.05, 3.63) is 27.9 Å². The Hall–Kier alpha value is -2.14. The molecule has 0 fully saturated rings. The second-order valence-corrected chi connectivity index (χ2v) is 4.46. The van der Waals surface area contributed by atoms with Crippen LogP contribution in [0.25, 0.3) is 0 Å². The molecule has 0 saturated carbocycles. The number of aromatic nitrogens is 1. The standard InChI is InChI=1S/C10H9N3O4S/c1-2-8(10(14)15)18-9-4-3-7(13(16)17)6(5-11)12-9/h3-4,8H,2H2,1H3,(H,14,15). The number of pyridine rings is 1. The molecule has 0 aliphatic heterocycles. The molecular formula is C10H9N3O4S. The number of hydrogen-bond donors (Lipinski definition) is 1. The SMILES string of the molecule is CCC(Sc1ccc([N+](=O)[O-])c(C#N)n1)C(=O)O. The van der Waals surface area contributed by atoms with Crippen LogP contribution in [0, 0.1) is 21.4 Å². The molecule has 1 aromatic rings. The summed E-state index contributed by atoms with van der Waals surface area (Å²) < 4.78 is 0. The van der Waals surface area contributed by atoms with Crippen molar-refractivity contribution in [2.24, 2.45) is 0 Å².